The third-order valence-corrected chi connectivity index (χ3v) is 7.09. The van der Waals surface area contributed by atoms with E-state index in [1.165, 1.54) is 17.4 Å². The van der Waals surface area contributed by atoms with Gasteiger partial charge in [0.25, 0.3) is 5.91 Å². The molecule has 33 heavy (non-hydrogen) atoms. The van der Waals surface area contributed by atoms with Crippen molar-refractivity contribution in [1.82, 2.24) is 15.0 Å². The summed E-state index contributed by atoms with van der Waals surface area (Å²) in [6.07, 6.45) is 3.36. The number of piperazine rings is 1. The van der Waals surface area contributed by atoms with Gasteiger partial charge in [-0.05, 0) is 49.2 Å². The molecule has 3 aromatic heterocycles. The molecular weight excluding hydrogens is 439 g/mol. The van der Waals surface area contributed by atoms with E-state index in [0.29, 0.717) is 16.1 Å². The molecule has 1 saturated heterocycles. The number of nitrogens with zero attached hydrogens (tertiary/aromatic N) is 5. The van der Waals surface area contributed by atoms with Crippen LogP contribution in [-0.2, 0) is 0 Å². The zero-order chi connectivity index (χ0) is 22.9. The summed E-state index contributed by atoms with van der Waals surface area (Å²) in [5, 5.41) is 3.70. The number of thiophene rings is 1. The van der Waals surface area contributed by atoms with Crippen molar-refractivity contribution in [2.75, 3.05) is 41.3 Å². The summed E-state index contributed by atoms with van der Waals surface area (Å²) in [5.41, 5.74) is 1.80. The molecule has 4 heterocycles. The molecule has 1 amide bonds. The third kappa shape index (κ3) is 4.11. The van der Waals surface area contributed by atoms with E-state index in [9.17, 15) is 9.18 Å². The number of hydrogen-bond donors (Lipinski definition) is 1. The maximum Gasteiger partial charge on any atom is 0.266 e. The number of aromatic nitrogens is 3. The fourth-order valence-electron chi connectivity index (χ4n) is 4.06. The average molecular weight is 463 g/mol. The molecule has 0 aliphatic carbocycles. The smallest absolute Gasteiger partial charge is 0.266 e. The number of anilines is 3. The highest BCUT2D eigenvalue weighted by molar-refractivity contribution is 7.20. The number of carbonyl (C=O) groups excluding carboxylic acids is 1. The summed E-state index contributed by atoms with van der Waals surface area (Å²) < 4.78 is 13.9. The van der Waals surface area contributed by atoms with Crippen LogP contribution in [0.5, 0.6) is 0 Å². The topological polar surface area (TPSA) is 74.2 Å². The first-order valence-corrected chi connectivity index (χ1v) is 11.6. The Morgan fingerprint density at radius 3 is 2.55 bits per heavy atom. The summed E-state index contributed by atoms with van der Waals surface area (Å²) >= 11 is 1.33. The number of fused-ring (bicyclic) bond motifs is 1. The van der Waals surface area contributed by atoms with Crippen LogP contribution in [0.25, 0.3) is 10.2 Å². The van der Waals surface area contributed by atoms with Gasteiger partial charge in [0, 0.05) is 38.1 Å². The predicted molar refractivity (Wildman–Crippen MR) is 130 cm³/mol. The first-order valence-electron chi connectivity index (χ1n) is 10.7. The van der Waals surface area contributed by atoms with Crippen molar-refractivity contribution >= 4 is 44.8 Å². The lowest BCUT2D eigenvalue weighted by molar-refractivity contribution is 0.103. The number of rotatable bonds is 4. The number of benzene rings is 1. The van der Waals surface area contributed by atoms with Crippen LogP contribution in [0.2, 0.25) is 0 Å². The highest BCUT2D eigenvalue weighted by atomic mass is 32.1. The number of amides is 1. The van der Waals surface area contributed by atoms with E-state index in [1.807, 2.05) is 31.3 Å². The van der Waals surface area contributed by atoms with Crippen molar-refractivity contribution in [3.8, 4) is 0 Å². The highest BCUT2D eigenvalue weighted by Gasteiger charge is 2.25. The van der Waals surface area contributed by atoms with Crippen LogP contribution in [0.3, 0.4) is 0 Å². The Labute approximate surface area is 194 Å². The molecule has 0 unspecified atom stereocenters. The number of carbonyl (C=O) groups is 1. The summed E-state index contributed by atoms with van der Waals surface area (Å²) in [5.74, 6) is 1.20. The van der Waals surface area contributed by atoms with Crippen molar-refractivity contribution < 1.29 is 9.18 Å². The van der Waals surface area contributed by atoms with Crippen molar-refractivity contribution in [2.24, 2.45) is 0 Å². The molecule has 0 spiro atoms. The van der Waals surface area contributed by atoms with Gasteiger partial charge in [0.05, 0.1) is 10.3 Å². The molecule has 1 aliphatic heterocycles. The van der Waals surface area contributed by atoms with Crippen molar-refractivity contribution in [1.29, 1.82) is 0 Å². The number of nitrogens with one attached hydrogen (secondary N) is 1. The van der Waals surface area contributed by atoms with Gasteiger partial charge in [0.2, 0.25) is 0 Å². The Hall–Kier alpha value is -3.59. The van der Waals surface area contributed by atoms with Gasteiger partial charge in [-0.25, -0.2) is 19.3 Å². The largest absolute Gasteiger partial charge is 0.353 e. The molecule has 0 radical (unpaired) electrons. The lowest BCUT2D eigenvalue weighted by Crippen LogP contribution is -2.47. The minimum Gasteiger partial charge on any atom is -0.353 e. The molecule has 5 rings (SSSR count). The molecule has 1 aliphatic rings. The monoisotopic (exact) mass is 462 g/mol. The fourth-order valence-corrected chi connectivity index (χ4v) is 5.09. The van der Waals surface area contributed by atoms with Crippen molar-refractivity contribution in [3.05, 3.63) is 70.7 Å². The van der Waals surface area contributed by atoms with E-state index in [4.69, 9.17) is 0 Å². The highest BCUT2D eigenvalue weighted by Crippen LogP contribution is 2.35. The van der Waals surface area contributed by atoms with E-state index in [0.717, 1.165) is 53.6 Å². The first-order chi connectivity index (χ1) is 16.0. The summed E-state index contributed by atoms with van der Waals surface area (Å²) in [4.78, 5) is 32.2. The Morgan fingerprint density at radius 1 is 1.03 bits per heavy atom. The second kappa shape index (κ2) is 8.74. The van der Waals surface area contributed by atoms with Crippen LogP contribution in [0.1, 0.15) is 20.8 Å². The number of pyridine rings is 1. The van der Waals surface area contributed by atoms with Gasteiger partial charge in [-0.2, -0.15) is 0 Å². The minimum atomic E-state index is -0.348. The normalized spacial score (nSPS) is 14.0. The molecule has 0 saturated carbocycles. The lowest BCUT2D eigenvalue weighted by atomic mass is 10.1. The standard InChI is InChI=1S/C24H23FN6OS/c1-15-6-7-17(13-18(15)25)29-23(32)21-16(2)20-22(27-14-28-24(20)33-21)31-11-9-30(10-12-31)19-5-3-4-8-26-19/h3-8,13-14H,9-12H2,1-2H3,(H,29,32). The van der Waals surface area contributed by atoms with E-state index in [-0.39, 0.29) is 11.7 Å². The van der Waals surface area contributed by atoms with Gasteiger partial charge in [-0.1, -0.05) is 12.1 Å². The Balaban J connectivity index is 1.39. The number of halogens is 1. The van der Waals surface area contributed by atoms with E-state index in [2.05, 4.69) is 30.1 Å². The molecule has 168 valence electrons. The number of aryl methyl sites for hydroxylation is 2. The van der Waals surface area contributed by atoms with E-state index < -0.39 is 0 Å². The average Bonchev–Trinajstić information content (AvgIpc) is 3.19. The van der Waals surface area contributed by atoms with E-state index in [1.54, 1.807) is 25.4 Å². The molecule has 0 atom stereocenters. The molecule has 1 aromatic carbocycles. The zero-order valence-electron chi connectivity index (χ0n) is 18.4. The molecule has 7 nitrogen and oxygen atoms in total. The molecule has 4 aromatic rings. The van der Waals surface area contributed by atoms with Crippen LogP contribution in [0.15, 0.2) is 48.9 Å². The van der Waals surface area contributed by atoms with Crippen LogP contribution < -0.4 is 15.1 Å². The van der Waals surface area contributed by atoms with Gasteiger partial charge in [0.1, 0.15) is 28.6 Å². The van der Waals surface area contributed by atoms with Gasteiger partial charge in [-0.15, -0.1) is 11.3 Å². The van der Waals surface area contributed by atoms with Gasteiger partial charge in [0.15, 0.2) is 0 Å². The molecule has 1 fully saturated rings. The first kappa shape index (κ1) is 21.3. The molecular formula is C24H23FN6OS. The summed E-state index contributed by atoms with van der Waals surface area (Å²) in [6, 6.07) is 10.6. The quantitative estimate of drug-likeness (QED) is 0.484. The Morgan fingerprint density at radius 2 is 1.82 bits per heavy atom. The van der Waals surface area contributed by atoms with Gasteiger partial charge >= 0.3 is 0 Å². The molecule has 0 bridgehead atoms. The number of hydrogen-bond acceptors (Lipinski definition) is 7. The maximum atomic E-state index is 13.9. The van der Waals surface area contributed by atoms with E-state index >= 15 is 0 Å². The van der Waals surface area contributed by atoms with Crippen molar-refractivity contribution in [2.45, 2.75) is 13.8 Å². The summed E-state index contributed by atoms with van der Waals surface area (Å²) in [7, 11) is 0. The van der Waals surface area contributed by atoms with Crippen LogP contribution in [-0.4, -0.2) is 47.0 Å². The van der Waals surface area contributed by atoms with Crippen molar-refractivity contribution in [3.63, 3.8) is 0 Å². The Bertz CT molecular complexity index is 1320. The second-order valence-corrected chi connectivity index (χ2v) is 9.01. The van der Waals surface area contributed by atoms with Crippen LogP contribution in [0, 0.1) is 19.7 Å². The zero-order valence-corrected chi connectivity index (χ0v) is 19.2. The maximum absolute atomic E-state index is 13.9. The SMILES string of the molecule is Cc1ccc(NC(=O)c2sc3ncnc(N4CCN(c5ccccn5)CC4)c3c2C)cc1F. The third-order valence-electron chi connectivity index (χ3n) is 5.90. The summed E-state index contributed by atoms with van der Waals surface area (Å²) in [6.45, 7) is 6.86. The molecule has 1 N–H and O–H groups in total. The minimum absolute atomic E-state index is 0.273. The fraction of sp³-hybridized carbons (Fsp3) is 0.250. The lowest BCUT2D eigenvalue weighted by Gasteiger charge is -2.36. The molecule has 9 heteroatoms. The van der Waals surface area contributed by atoms with Crippen LogP contribution >= 0.6 is 11.3 Å². The van der Waals surface area contributed by atoms with Gasteiger partial charge in [-0.3, -0.25) is 4.79 Å². The predicted octanol–water partition coefficient (Wildman–Crippen LogP) is 4.42. The Kier molecular flexibility index (Phi) is 5.63. The second-order valence-electron chi connectivity index (χ2n) is 8.01. The van der Waals surface area contributed by atoms with Gasteiger partial charge < -0.3 is 15.1 Å². The van der Waals surface area contributed by atoms with Crippen LogP contribution in [0.4, 0.5) is 21.7 Å².